The topological polar surface area (TPSA) is 91.4 Å². The minimum absolute atomic E-state index is 0.0598. The van der Waals surface area contributed by atoms with Crippen LogP contribution in [0.2, 0.25) is 0 Å². The average Bonchev–Trinajstić information content (AvgIpc) is 3.26. The Morgan fingerprint density at radius 1 is 1.15 bits per heavy atom. The molecular formula is C25H28N4O4. The highest BCUT2D eigenvalue weighted by atomic mass is 16.5. The van der Waals surface area contributed by atoms with Gasteiger partial charge in [0.1, 0.15) is 11.4 Å². The molecule has 172 valence electrons. The fourth-order valence-corrected chi connectivity index (χ4v) is 4.43. The van der Waals surface area contributed by atoms with E-state index in [1.165, 1.54) is 16.9 Å². The van der Waals surface area contributed by atoms with E-state index in [0.29, 0.717) is 41.3 Å². The Labute approximate surface area is 192 Å². The van der Waals surface area contributed by atoms with E-state index in [2.05, 4.69) is 4.98 Å². The van der Waals surface area contributed by atoms with E-state index >= 15 is 0 Å². The number of hydrogen-bond acceptors (Lipinski definition) is 5. The highest BCUT2D eigenvalue weighted by Gasteiger charge is 2.45. The molecule has 0 aliphatic carbocycles. The molecule has 1 aliphatic rings. The maximum absolute atomic E-state index is 13.9. The number of fused-ring (bicyclic) bond motifs is 1. The number of nitrogens with zero attached hydrogens (tertiary/aromatic N) is 3. The SMILES string of the molecule is COc1ccccc1C1C(=C([O-])c2c(C)nc3ccccn23)C(=O)C(=O)N1CCC[NH+](C)C. The van der Waals surface area contributed by atoms with Crippen molar-refractivity contribution < 1.29 is 24.3 Å². The van der Waals surface area contributed by atoms with Crippen LogP contribution in [0, 0.1) is 6.92 Å². The van der Waals surface area contributed by atoms with Gasteiger partial charge in [-0.05, 0) is 25.1 Å². The van der Waals surface area contributed by atoms with Gasteiger partial charge < -0.3 is 24.0 Å². The molecule has 1 fully saturated rings. The van der Waals surface area contributed by atoms with E-state index in [4.69, 9.17) is 4.74 Å². The van der Waals surface area contributed by atoms with Crippen molar-refractivity contribution in [3.8, 4) is 5.75 Å². The standard InChI is InChI=1S/C25H28N4O4/c1-16-21(28-14-8-7-12-19(28)26-16)23(30)20-22(17-10-5-6-11-18(17)33-4)29(25(32)24(20)31)15-9-13-27(2)3/h5-8,10-12,14,22,30H,9,13,15H2,1-4H3. The van der Waals surface area contributed by atoms with Crippen LogP contribution in [0.15, 0.2) is 54.2 Å². The molecule has 3 aromatic rings. The van der Waals surface area contributed by atoms with Gasteiger partial charge in [0.2, 0.25) is 5.78 Å². The number of aryl methyl sites for hydroxylation is 1. The number of aromatic nitrogens is 2. The quantitative estimate of drug-likeness (QED) is 0.321. The van der Waals surface area contributed by atoms with Crippen LogP contribution in [0.4, 0.5) is 0 Å². The van der Waals surface area contributed by atoms with Gasteiger partial charge in [0.05, 0.1) is 45.2 Å². The summed E-state index contributed by atoms with van der Waals surface area (Å²) in [6, 6.07) is 11.8. The molecule has 1 aliphatic heterocycles. The molecule has 3 heterocycles. The predicted octanol–water partition coefficient (Wildman–Crippen LogP) is 0.410. The van der Waals surface area contributed by atoms with Gasteiger partial charge in [0.25, 0.3) is 5.91 Å². The molecule has 8 heteroatoms. The van der Waals surface area contributed by atoms with E-state index in [0.717, 1.165) is 6.54 Å². The van der Waals surface area contributed by atoms with E-state index in [9.17, 15) is 14.7 Å². The van der Waals surface area contributed by atoms with E-state index in [1.807, 2.05) is 32.3 Å². The van der Waals surface area contributed by atoms with Crippen molar-refractivity contribution in [2.45, 2.75) is 19.4 Å². The number of Topliss-reactive ketones (excluding diaryl/α,β-unsaturated/α-hetero) is 1. The maximum atomic E-state index is 13.9. The lowest BCUT2D eigenvalue weighted by molar-refractivity contribution is -0.858. The predicted molar refractivity (Wildman–Crippen MR) is 122 cm³/mol. The Morgan fingerprint density at radius 3 is 2.61 bits per heavy atom. The molecule has 8 nitrogen and oxygen atoms in total. The number of rotatable bonds is 7. The number of carbonyl (C=O) groups excluding carboxylic acids is 2. The van der Waals surface area contributed by atoms with Crippen molar-refractivity contribution in [1.82, 2.24) is 14.3 Å². The minimum atomic E-state index is -0.820. The van der Waals surface area contributed by atoms with Crippen LogP contribution in [-0.2, 0) is 9.59 Å². The normalized spacial score (nSPS) is 18.0. The Morgan fingerprint density at radius 2 is 1.88 bits per heavy atom. The number of nitrogens with one attached hydrogen (secondary N) is 1. The lowest BCUT2D eigenvalue weighted by Crippen LogP contribution is -3.05. The average molecular weight is 449 g/mol. The molecule has 1 amide bonds. The summed E-state index contributed by atoms with van der Waals surface area (Å²) in [5.41, 5.74) is 1.96. The molecule has 1 unspecified atom stereocenters. The molecular weight excluding hydrogens is 420 g/mol. The summed E-state index contributed by atoms with van der Waals surface area (Å²) in [4.78, 5) is 33.6. The second kappa shape index (κ2) is 9.07. The molecule has 0 saturated carbocycles. The summed E-state index contributed by atoms with van der Waals surface area (Å²) in [5, 5.41) is 13.9. The van der Waals surface area contributed by atoms with E-state index < -0.39 is 23.5 Å². The monoisotopic (exact) mass is 448 g/mol. The van der Waals surface area contributed by atoms with Crippen LogP contribution in [0.5, 0.6) is 5.75 Å². The number of amides is 1. The van der Waals surface area contributed by atoms with Crippen molar-refractivity contribution in [2.24, 2.45) is 0 Å². The molecule has 2 aromatic heterocycles. The summed E-state index contributed by atoms with van der Waals surface area (Å²) < 4.78 is 7.20. The first-order valence-corrected chi connectivity index (χ1v) is 11.0. The number of para-hydroxylation sites is 1. The van der Waals surface area contributed by atoms with Crippen molar-refractivity contribution in [2.75, 3.05) is 34.3 Å². The number of methoxy groups -OCH3 is 1. The lowest BCUT2D eigenvalue weighted by Gasteiger charge is -2.28. The Hall–Kier alpha value is -3.65. The zero-order chi connectivity index (χ0) is 23.7. The third-order valence-electron chi connectivity index (χ3n) is 5.96. The first-order chi connectivity index (χ1) is 15.8. The molecule has 33 heavy (non-hydrogen) atoms. The van der Waals surface area contributed by atoms with Crippen LogP contribution in [0.3, 0.4) is 0 Å². The minimum Gasteiger partial charge on any atom is -0.871 e. The van der Waals surface area contributed by atoms with Gasteiger partial charge in [-0.2, -0.15) is 0 Å². The molecule has 0 radical (unpaired) electrons. The number of pyridine rings is 1. The lowest BCUT2D eigenvalue weighted by atomic mass is 9.95. The molecule has 1 N–H and O–H groups in total. The van der Waals surface area contributed by atoms with Gasteiger partial charge in [-0.3, -0.25) is 9.59 Å². The van der Waals surface area contributed by atoms with Crippen molar-refractivity contribution in [3.05, 3.63) is 71.2 Å². The smallest absolute Gasteiger partial charge is 0.295 e. The molecule has 1 atom stereocenters. The van der Waals surface area contributed by atoms with Gasteiger partial charge in [-0.25, -0.2) is 4.98 Å². The number of benzene rings is 1. The number of quaternary nitrogens is 1. The summed E-state index contributed by atoms with van der Waals surface area (Å²) in [6.45, 7) is 2.92. The molecule has 4 rings (SSSR count). The third-order valence-corrected chi connectivity index (χ3v) is 5.96. The first kappa shape index (κ1) is 22.5. The van der Waals surface area contributed by atoms with Crippen molar-refractivity contribution in [1.29, 1.82) is 0 Å². The summed E-state index contributed by atoms with van der Waals surface area (Å²) in [7, 11) is 5.60. The number of imidazole rings is 1. The van der Waals surface area contributed by atoms with Crippen molar-refractivity contribution in [3.63, 3.8) is 0 Å². The van der Waals surface area contributed by atoms with Crippen LogP contribution in [0.1, 0.15) is 29.4 Å². The second-order valence-corrected chi connectivity index (χ2v) is 8.50. The summed E-state index contributed by atoms with van der Waals surface area (Å²) >= 11 is 0. The number of ketones is 1. The summed E-state index contributed by atoms with van der Waals surface area (Å²) in [6.07, 6.45) is 2.43. The maximum Gasteiger partial charge on any atom is 0.295 e. The Balaban J connectivity index is 1.91. The second-order valence-electron chi connectivity index (χ2n) is 8.50. The Bertz CT molecular complexity index is 1240. The fourth-order valence-electron chi connectivity index (χ4n) is 4.43. The zero-order valence-corrected chi connectivity index (χ0v) is 19.3. The first-order valence-electron chi connectivity index (χ1n) is 11.0. The van der Waals surface area contributed by atoms with E-state index in [-0.39, 0.29) is 5.57 Å². The number of ether oxygens (including phenoxy) is 1. The number of hydrogen-bond donors (Lipinski definition) is 1. The Kier molecular flexibility index (Phi) is 6.20. The van der Waals surface area contributed by atoms with Crippen LogP contribution >= 0.6 is 0 Å². The molecule has 0 bridgehead atoms. The van der Waals surface area contributed by atoms with Crippen LogP contribution < -0.4 is 14.7 Å². The van der Waals surface area contributed by atoms with Gasteiger partial charge in [-0.1, -0.05) is 30.0 Å². The number of carbonyl (C=O) groups is 2. The third kappa shape index (κ3) is 3.98. The van der Waals surface area contributed by atoms with Gasteiger partial charge in [0.15, 0.2) is 0 Å². The fraction of sp³-hybridized carbons (Fsp3) is 0.320. The highest BCUT2D eigenvalue weighted by molar-refractivity contribution is 6.46. The largest absolute Gasteiger partial charge is 0.871 e. The van der Waals surface area contributed by atoms with Crippen LogP contribution in [-0.4, -0.2) is 60.3 Å². The highest BCUT2D eigenvalue weighted by Crippen LogP contribution is 2.42. The van der Waals surface area contributed by atoms with Crippen molar-refractivity contribution >= 4 is 23.1 Å². The number of likely N-dealkylation sites (tertiary alicyclic amines) is 1. The van der Waals surface area contributed by atoms with E-state index in [1.54, 1.807) is 41.8 Å². The summed E-state index contributed by atoms with van der Waals surface area (Å²) in [5.74, 6) is -1.39. The van der Waals surface area contributed by atoms with Crippen LogP contribution in [0.25, 0.3) is 11.4 Å². The molecule has 1 aromatic carbocycles. The van der Waals surface area contributed by atoms with Gasteiger partial charge in [-0.15, -0.1) is 0 Å². The molecule has 1 saturated heterocycles. The zero-order valence-electron chi connectivity index (χ0n) is 19.3. The molecule has 0 spiro atoms. The van der Waals surface area contributed by atoms with Gasteiger partial charge in [0, 0.05) is 30.3 Å². The van der Waals surface area contributed by atoms with Gasteiger partial charge >= 0.3 is 0 Å².